The van der Waals surface area contributed by atoms with Crippen LogP contribution in [0.25, 0.3) is 0 Å². The Balaban J connectivity index is 1.40. The van der Waals surface area contributed by atoms with Gasteiger partial charge in [-0.2, -0.15) is 0 Å². The molecule has 1 aromatic heterocycles. The molecule has 3 amide bonds. The smallest absolute Gasteiger partial charge is 0.308 e. The number of thiazole rings is 1. The minimum atomic E-state index is -0.765. The average Bonchev–Trinajstić information content (AvgIpc) is 3.37. The summed E-state index contributed by atoms with van der Waals surface area (Å²) in [7, 11) is 0. The van der Waals surface area contributed by atoms with Gasteiger partial charge in [0, 0.05) is 21.0 Å². The fourth-order valence-electron chi connectivity index (χ4n) is 4.99. The third kappa shape index (κ3) is 4.64. The molecule has 4 aromatic rings. The number of para-hydroxylation sites is 1. The number of amides is 3. The van der Waals surface area contributed by atoms with Crippen LogP contribution in [0.2, 0.25) is 0 Å². The maximum absolute atomic E-state index is 13.8. The highest BCUT2D eigenvalue weighted by Gasteiger charge is 2.56. The van der Waals surface area contributed by atoms with Crippen LogP contribution in [0.1, 0.15) is 16.4 Å². The second-order valence-corrected chi connectivity index (χ2v) is 12.2. The summed E-state index contributed by atoms with van der Waals surface area (Å²) in [6.07, 6.45) is 0. The Morgan fingerprint density at radius 3 is 2.31 bits per heavy atom. The summed E-state index contributed by atoms with van der Waals surface area (Å²) >= 11 is 5.59. The second-order valence-electron chi connectivity index (χ2n) is 9.12. The van der Waals surface area contributed by atoms with Crippen molar-refractivity contribution in [3.63, 3.8) is 0 Å². The molecule has 6 rings (SSSR count). The Morgan fingerprint density at radius 1 is 0.923 bits per heavy atom. The largest absolute Gasteiger partial charge is 0.325 e. The number of rotatable bonds is 5. The third-order valence-corrected chi connectivity index (χ3v) is 9.85. The number of aromatic nitrogens is 1. The molecule has 7 nitrogen and oxygen atoms in total. The second kappa shape index (κ2) is 10.2. The molecule has 2 aliphatic heterocycles. The molecule has 1 fully saturated rings. The van der Waals surface area contributed by atoms with Crippen LogP contribution in [0, 0.1) is 11.7 Å². The van der Waals surface area contributed by atoms with Gasteiger partial charge in [-0.05, 0) is 54.1 Å². The molecule has 3 unspecified atom stereocenters. The maximum Gasteiger partial charge on any atom is 0.308 e. The molecular formula is C28H19BrFN3O4S2. The molecule has 0 saturated carbocycles. The van der Waals surface area contributed by atoms with Gasteiger partial charge in [0.25, 0.3) is 0 Å². The van der Waals surface area contributed by atoms with Crippen molar-refractivity contribution in [3.8, 4) is 0 Å². The molecule has 1 saturated heterocycles. The van der Waals surface area contributed by atoms with Crippen molar-refractivity contribution < 1.29 is 18.8 Å². The third-order valence-electron chi connectivity index (χ3n) is 6.72. The molecule has 39 heavy (non-hydrogen) atoms. The summed E-state index contributed by atoms with van der Waals surface area (Å²) in [6, 6.07) is 21.6. The van der Waals surface area contributed by atoms with Crippen molar-refractivity contribution in [2.75, 3.05) is 10.2 Å². The van der Waals surface area contributed by atoms with E-state index in [2.05, 4.69) is 21.2 Å². The number of carbonyl (C=O) groups is 3. The number of hydrogen-bond donors (Lipinski definition) is 1. The van der Waals surface area contributed by atoms with Crippen LogP contribution in [0.4, 0.5) is 15.8 Å². The quantitative estimate of drug-likeness (QED) is 0.307. The van der Waals surface area contributed by atoms with E-state index in [1.54, 1.807) is 24.3 Å². The van der Waals surface area contributed by atoms with E-state index in [9.17, 15) is 23.6 Å². The average molecular weight is 625 g/mol. The molecule has 3 aromatic carbocycles. The number of carbonyl (C=O) groups excluding carboxylic acids is 3. The molecule has 0 radical (unpaired) electrons. The Hall–Kier alpha value is -3.54. The number of imide groups is 1. The summed E-state index contributed by atoms with van der Waals surface area (Å²) in [6.45, 7) is -0.288. The summed E-state index contributed by atoms with van der Waals surface area (Å²) < 4.78 is 15.5. The molecule has 0 spiro atoms. The maximum atomic E-state index is 13.8. The van der Waals surface area contributed by atoms with E-state index in [4.69, 9.17) is 0 Å². The molecule has 3 atom stereocenters. The molecule has 3 heterocycles. The van der Waals surface area contributed by atoms with Crippen molar-refractivity contribution in [2.45, 2.75) is 22.7 Å². The van der Waals surface area contributed by atoms with Crippen molar-refractivity contribution >= 4 is 68.1 Å². The normalized spacial score (nSPS) is 20.1. The zero-order valence-electron chi connectivity index (χ0n) is 20.0. The predicted octanol–water partition coefficient (Wildman–Crippen LogP) is 5.25. The van der Waals surface area contributed by atoms with Gasteiger partial charge >= 0.3 is 4.87 Å². The standard InChI is InChI=1S/C28H19BrFN3O4S2/c29-16-8-6-15(7-9-16)21-22-23(26(36)33(25(22)35)19-4-2-1-3-5-19)38-27-24(21)39-28(37)32(27)14-20(34)31-18-12-10-17(30)11-13-18/h1-13,21-23H,14H2,(H,31,34). The van der Waals surface area contributed by atoms with Gasteiger partial charge in [-0.3, -0.25) is 23.7 Å². The van der Waals surface area contributed by atoms with E-state index in [-0.39, 0.29) is 23.2 Å². The van der Waals surface area contributed by atoms with E-state index in [0.717, 1.165) is 33.1 Å². The Labute approximate surface area is 238 Å². The van der Waals surface area contributed by atoms with Crippen molar-refractivity contribution in [3.05, 3.63) is 109 Å². The summed E-state index contributed by atoms with van der Waals surface area (Å²) in [5, 5.41) is 2.42. The van der Waals surface area contributed by atoms with Crippen LogP contribution in [0.5, 0.6) is 0 Å². The highest BCUT2D eigenvalue weighted by Crippen LogP contribution is 2.53. The summed E-state index contributed by atoms with van der Waals surface area (Å²) in [4.78, 5) is 55.1. The Kier molecular flexibility index (Phi) is 6.74. The number of anilines is 2. The fourth-order valence-corrected chi connectivity index (χ4v) is 8.03. The lowest BCUT2D eigenvalue weighted by atomic mass is 9.83. The van der Waals surface area contributed by atoms with Crippen molar-refractivity contribution in [2.24, 2.45) is 5.92 Å². The van der Waals surface area contributed by atoms with Crippen LogP contribution >= 0.6 is 39.0 Å². The lowest BCUT2D eigenvalue weighted by molar-refractivity contribution is -0.122. The van der Waals surface area contributed by atoms with Gasteiger partial charge in [-0.25, -0.2) is 9.29 Å². The van der Waals surface area contributed by atoms with E-state index in [1.165, 1.54) is 33.7 Å². The Bertz CT molecular complexity index is 1660. The zero-order valence-corrected chi connectivity index (χ0v) is 23.3. The highest BCUT2D eigenvalue weighted by atomic mass is 79.9. The first-order valence-corrected chi connectivity index (χ1v) is 14.4. The number of thioether (sulfide) groups is 1. The van der Waals surface area contributed by atoms with Gasteiger partial charge < -0.3 is 5.32 Å². The van der Waals surface area contributed by atoms with E-state index in [1.807, 2.05) is 30.3 Å². The van der Waals surface area contributed by atoms with Gasteiger partial charge in [0.05, 0.1) is 16.6 Å². The van der Waals surface area contributed by atoms with Gasteiger partial charge in [0.2, 0.25) is 17.7 Å². The number of fused-ring (bicyclic) bond motifs is 2. The molecule has 0 aliphatic carbocycles. The van der Waals surface area contributed by atoms with Gasteiger partial charge in [-0.1, -0.05) is 69.4 Å². The summed E-state index contributed by atoms with van der Waals surface area (Å²) in [5.41, 5.74) is 1.69. The lowest BCUT2D eigenvalue weighted by Gasteiger charge is -2.30. The van der Waals surface area contributed by atoms with Crippen LogP contribution in [-0.2, 0) is 20.9 Å². The zero-order chi connectivity index (χ0) is 27.3. The van der Waals surface area contributed by atoms with Crippen LogP contribution in [-0.4, -0.2) is 27.5 Å². The molecule has 11 heteroatoms. The molecular weight excluding hydrogens is 605 g/mol. The molecule has 1 N–H and O–H groups in total. The first kappa shape index (κ1) is 25.7. The molecule has 0 bridgehead atoms. The van der Waals surface area contributed by atoms with Crippen molar-refractivity contribution in [1.82, 2.24) is 4.57 Å². The first-order chi connectivity index (χ1) is 18.8. The van der Waals surface area contributed by atoms with Gasteiger partial charge in [-0.15, -0.1) is 0 Å². The molecule has 2 aliphatic rings. The topological polar surface area (TPSA) is 88.5 Å². The number of hydrogen-bond acceptors (Lipinski definition) is 6. The van der Waals surface area contributed by atoms with E-state index >= 15 is 0 Å². The fraction of sp³-hybridized carbons (Fsp3) is 0.143. The number of nitrogens with zero attached hydrogens (tertiary/aromatic N) is 2. The van der Waals surface area contributed by atoms with Crippen LogP contribution in [0.15, 0.2) is 93.2 Å². The first-order valence-electron chi connectivity index (χ1n) is 12.0. The van der Waals surface area contributed by atoms with Gasteiger partial charge in [0.1, 0.15) is 17.6 Å². The van der Waals surface area contributed by atoms with Crippen LogP contribution < -0.4 is 15.1 Å². The highest BCUT2D eigenvalue weighted by molar-refractivity contribution is 9.10. The van der Waals surface area contributed by atoms with Gasteiger partial charge in [0.15, 0.2) is 0 Å². The predicted molar refractivity (Wildman–Crippen MR) is 152 cm³/mol. The minimum Gasteiger partial charge on any atom is -0.325 e. The Morgan fingerprint density at radius 2 is 1.62 bits per heavy atom. The number of benzene rings is 3. The van der Waals surface area contributed by atoms with E-state index < -0.39 is 28.8 Å². The number of nitrogens with one attached hydrogen (secondary N) is 1. The lowest BCUT2D eigenvalue weighted by Crippen LogP contribution is -2.33. The minimum absolute atomic E-state index is 0.288. The number of halogens is 2. The monoisotopic (exact) mass is 623 g/mol. The van der Waals surface area contributed by atoms with Crippen molar-refractivity contribution in [1.29, 1.82) is 0 Å². The van der Waals surface area contributed by atoms with E-state index in [0.29, 0.717) is 21.3 Å². The molecule has 196 valence electrons. The van der Waals surface area contributed by atoms with Crippen LogP contribution in [0.3, 0.4) is 0 Å². The SMILES string of the molecule is O=C(Cn1c2c(sc1=O)C(c1ccc(Br)cc1)C1C(=O)N(c3ccccc3)C(=O)C1S2)Nc1ccc(F)cc1. The summed E-state index contributed by atoms with van der Waals surface area (Å²) in [5.74, 6) is -2.81.